The number of benzene rings is 1. The van der Waals surface area contributed by atoms with Gasteiger partial charge in [-0.1, -0.05) is 12.1 Å². The van der Waals surface area contributed by atoms with Gasteiger partial charge in [-0.3, -0.25) is 0 Å². The predicted molar refractivity (Wildman–Crippen MR) is 89.6 cm³/mol. The second-order valence-electron chi connectivity index (χ2n) is 5.24. The zero-order valence-electron chi connectivity index (χ0n) is 13.8. The topological polar surface area (TPSA) is 79.8 Å². The van der Waals surface area contributed by atoms with Crippen LogP contribution in [0.2, 0.25) is 0 Å². The summed E-state index contributed by atoms with van der Waals surface area (Å²) in [6.07, 6.45) is 3.35. The predicted octanol–water partition coefficient (Wildman–Crippen LogP) is 2.06. The number of carbonyl (C=O) groups excluding carboxylic acids is 1. The van der Waals surface area contributed by atoms with Crippen LogP contribution in [0.4, 0.5) is 4.79 Å². The average Bonchev–Trinajstić information content (AvgIpc) is 2.59. The molecule has 23 heavy (non-hydrogen) atoms. The zero-order valence-corrected chi connectivity index (χ0v) is 13.8. The SMILES string of the molecule is COc1ccc(COC(=O)NCCCCNCCCCO)cc1. The highest BCUT2D eigenvalue weighted by molar-refractivity contribution is 5.67. The minimum atomic E-state index is -0.392. The van der Waals surface area contributed by atoms with E-state index in [9.17, 15) is 4.79 Å². The summed E-state index contributed by atoms with van der Waals surface area (Å²) >= 11 is 0. The Bertz CT molecular complexity index is 423. The molecule has 0 unspecified atom stereocenters. The van der Waals surface area contributed by atoms with Gasteiger partial charge in [0.15, 0.2) is 0 Å². The van der Waals surface area contributed by atoms with Gasteiger partial charge in [0.2, 0.25) is 0 Å². The number of aliphatic hydroxyl groups excluding tert-OH is 1. The Morgan fingerprint density at radius 2 is 1.70 bits per heavy atom. The molecule has 1 rings (SSSR count). The summed E-state index contributed by atoms with van der Waals surface area (Å²) in [5, 5.41) is 14.7. The maximum absolute atomic E-state index is 11.5. The van der Waals surface area contributed by atoms with Crippen molar-refractivity contribution in [2.24, 2.45) is 0 Å². The van der Waals surface area contributed by atoms with Crippen molar-refractivity contribution in [2.75, 3.05) is 33.4 Å². The lowest BCUT2D eigenvalue weighted by atomic mass is 10.2. The summed E-state index contributed by atoms with van der Waals surface area (Å²) in [4.78, 5) is 11.5. The van der Waals surface area contributed by atoms with E-state index in [1.54, 1.807) is 7.11 Å². The number of aliphatic hydroxyl groups is 1. The minimum Gasteiger partial charge on any atom is -0.497 e. The molecule has 0 fully saturated rings. The van der Waals surface area contributed by atoms with Gasteiger partial charge in [-0.05, 0) is 56.5 Å². The fourth-order valence-corrected chi connectivity index (χ4v) is 1.97. The number of methoxy groups -OCH3 is 1. The zero-order chi connectivity index (χ0) is 16.8. The van der Waals surface area contributed by atoms with Crippen molar-refractivity contribution in [1.29, 1.82) is 0 Å². The second kappa shape index (κ2) is 12.7. The molecule has 0 aliphatic heterocycles. The molecule has 0 spiro atoms. The van der Waals surface area contributed by atoms with Crippen LogP contribution in [0.5, 0.6) is 5.75 Å². The third kappa shape index (κ3) is 9.76. The standard InChI is InChI=1S/C17H28N2O4/c1-22-16-8-6-15(7-9-16)14-23-17(21)19-12-3-2-10-18-11-4-5-13-20/h6-9,18,20H,2-5,10-14H2,1H3,(H,19,21). The summed E-state index contributed by atoms with van der Waals surface area (Å²) in [6, 6.07) is 7.41. The van der Waals surface area contributed by atoms with Gasteiger partial charge in [0.25, 0.3) is 0 Å². The van der Waals surface area contributed by atoms with Crippen LogP contribution in [0, 0.1) is 0 Å². The Morgan fingerprint density at radius 1 is 1.04 bits per heavy atom. The third-order valence-electron chi connectivity index (χ3n) is 3.34. The first kappa shape index (κ1) is 19.3. The van der Waals surface area contributed by atoms with Gasteiger partial charge >= 0.3 is 6.09 Å². The average molecular weight is 324 g/mol. The van der Waals surface area contributed by atoms with Crippen molar-refractivity contribution in [3.8, 4) is 5.75 Å². The van der Waals surface area contributed by atoms with E-state index in [-0.39, 0.29) is 13.2 Å². The van der Waals surface area contributed by atoms with Crippen LogP contribution in [0.25, 0.3) is 0 Å². The Hall–Kier alpha value is -1.79. The summed E-state index contributed by atoms with van der Waals surface area (Å²) in [5.74, 6) is 0.781. The van der Waals surface area contributed by atoms with E-state index in [0.717, 1.165) is 50.1 Å². The Labute approximate surface area is 138 Å². The van der Waals surface area contributed by atoms with Crippen LogP contribution in [0.1, 0.15) is 31.2 Å². The molecule has 0 saturated heterocycles. The lowest BCUT2D eigenvalue weighted by Gasteiger charge is -2.08. The summed E-state index contributed by atoms with van der Waals surface area (Å²) in [5.41, 5.74) is 0.924. The van der Waals surface area contributed by atoms with Crippen molar-refractivity contribution in [3.05, 3.63) is 29.8 Å². The molecule has 1 aromatic rings. The summed E-state index contributed by atoms with van der Waals surface area (Å²) in [6.45, 7) is 2.97. The monoisotopic (exact) mass is 324 g/mol. The Balaban J connectivity index is 1.97. The minimum absolute atomic E-state index is 0.252. The van der Waals surface area contributed by atoms with E-state index in [4.69, 9.17) is 14.6 Å². The molecular formula is C17H28N2O4. The van der Waals surface area contributed by atoms with Crippen LogP contribution in [-0.2, 0) is 11.3 Å². The van der Waals surface area contributed by atoms with E-state index in [1.807, 2.05) is 24.3 Å². The van der Waals surface area contributed by atoms with Crippen LogP contribution in [0.15, 0.2) is 24.3 Å². The van der Waals surface area contributed by atoms with E-state index >= 15 is 0 Å². The molecule has 0 heterocycles. The molecule has 1 aromatic carbocycles. The first-order valence-corrected chi connectivity index (χ1v) is 8.11. The van der Waals surface area contributed by atoms with Crippen molar-refractivity contribution in [3.63, 3.8) is 0 Å². The van der Waals surface area contributed by atoms with Gasteiger partial charge in [-0.15, -0.1) is 0 Å². The van der Waals surface area contributed by atoms with Gasteiger partial charge < -0.3 is 25.2 Å². The lowest BCUT2D eigenvalue weighted by Crippen LogP contribution is -2.26. The van der Waals surface area contributed by atoms with E-state index < -0.39 is 6.09 Å². The number of hydrogen-bond acceptors (Lipinski definition) is 5. The molecule has 6 nitrogen and oxygen atoms in total. The van der Waals surface area contributed by atoms with E-state index in [0.29, 0.717) is 6.54 Å². The van der Waals surface area contributed by atoms with Crippen LogP contribution < -0.4 is 15.4 Å². The Kier molecular flexibility index (Phi) is 10.7. The molecule has 0 aliphatic rings. The van der Waals surface area contributed by atoms with Crippen molar-refractivity contribution in [1.82, 2.24) is 10.6 Å². The van der Waals surface area contributed by atoms with Gasteiger partial charge in [-0.2, -0.15) is 0 Å². The van der Waals surface area contributed by atoms with Gasteiger partial charge in [0.05, 0.1) is 7.11 Å². The molecule has 0 saturated carbocycles. The van der Waals surface area contributed by atoms with Crippen molar-refractivity contribution < 1.29 is 19.4 Å². The molecule has 0 radical (unpaired) electrons. The highest BCUT2D eigenvalue weighted by Crippen LogP contribution is 2.11. The maximum atomic E-state index is 11.5. The molecule has 0 atom stereocenters. The number of nitrogens with one attached hydrogen (secondary N) is 2. The number of carbonyl (C=O) groups is 1. The largest absolute Gasteiger partial charge is 0.497 e. The van der Waals surface area contributed by atoms with Gasteiger partial charge in [0.1, 0.15) is 12.4 Å². The molecule has 6 heteroatoms. The number of rotatable bonds is 12. The van der Waals surface area contributed by atoms with Crippen LogP contribution in [-0.4, -0.2) is 44.6 Å². The summed E-state index contributed by atoms with van der Waals surface area (Å²) < 4.78 is 10.2. The van der Waals surface area contributed by atoms with E-state index in [2.05, 4.69) is 10.6 Å². The first-order valence-electron chi connectivity index (χ1n) is 8.11. The quantitative estimate of drug-likeness (QED) is 0.513. The first-order chi connectivity index (χ1) is 11.3. The highest BCUT2D eigenvalue weighted by Gasteiger charge is 2.02. The number of amides is 1. The third-order valence-corrected chi connectivity index (χ3v) is 3.34. The van der Waals surface area contributed by atoms with Crippen LogP contribution in [0.3, 0.4) is 0 Å². The van der Waals surface area contributed by atoms with Crippen molar-refractivity contribution in [2.45, 2.75) is 32.3 Å². The second-order valence-corrected chi connectivity index (χ2v) is 5.24. The smallest absolute Gasteiger partial charge is 0.407 e. The molecule has 3 N–H and O–H groups in total. The summed E-state index contributed by atoms with van der Waals surface area (Å²) in [7, 11) is 1.61. The fourth-order valence-electron chi connectivity index (χ4n) is 1.97. The number of hydrogen-bond donors (Lipinski definition) is 3. The van der Waals surface area contributed by atoms with Crippen molar-refractivity contribution >= 4 is 6.09 Å². The number of alkyl carbamates (subject to hydrolysis) is 1. The lowest BCUT2D eigenvalue weighted by molar-refractivity contribution is 0.139. The fraction of sp³-hybridized carbons (Fsp3) is 0.588. The number of ether oxygens (including phenoxy) is 2. The molecule has 1 amide bonds. The number of unbranched alkanes of at least 4 members (excludes halogenated alkanes) is 2. The highest BCUT2D eigenvalue weighted by atomic mass is 16.5. The van der Waals surface area contributed by atoms with Gasteiger partial charge in [-0.25, -0.2) is 4.79 Å². The molecular weight excluding hydrogens is 296 g/mol. The van der Waals surface area contributed by atoms with Gasteiger partial charge in [0, 0.05) is 13.2 Å². The molecule has 130 valence electrons. The molecule has 0 aliphatic carbocycles. The van der Waals surface area contributed by atoms with Crippen LogP contribution >= 0.6 is 0 Å². The molecule has 0 aromatic heterocycles. The maximum Gasteiger partial charge on any atom is 0.407 e. The normalized spacial score (nSPS) is 10.3. The Morgan fingerprint density at radius 3 is 2.35 bits per heavy atom. The molecule has 0 bridgehead atoms. The van der Waals surface area contributed by atoms with E-state index in [1.165, 1.54) is 0 Å².